The van der Waals surface area contributed by atoms with Gasteiger partial charge in [-0.1, -0.05) is 11.6 Å². The highest BCUT2D eigenvalue weighted by atomic mass is 35.5. The molecule has 0 saturated heterocycles. The summed E-state index contributed by atoms with van der Waals surface area (Å²) in [4.78, 5) is 10.8. The molecule has 1 aromatic carbocycles. The van der Waals surface area contributed by atoms with E-state index in [4.69, 9.17) is 22.1 Å². The predicted molar refractivity (Wildman–Crippen MR) is 48.8 cm³/mol. The lowest BCUT2D eigenvalue weighted by molar-refractivity contribution is -0.123. The smallest absolute Gasteiger partial charge is 0.258 e. The molecular weight excluding hydrogens is 190 g/mol. The summed E-state index contributed by atoms with van der Waals surface area (Å²) < 4.78 is 5.29. The Morgan fingerprint density at radius 2 is 2.38 bits per heavy atom. The molecule has 3 nitrogen and oxygen atoms in total. The van der Waals surface area contributed by atoms with Gasteiger partial charge in [-0.2, -0.15) is 0 Å². The van der Waals surface area contributed by atoms with E-state index in [-0.39, 0.29) is 0 Å². The topological polar surface area (TPSA) is 52.3 Å². The maximum absolute atomic E-state index is 10.8. The number of ether oxygens (including phenoxy) is 1. The van der Waals surface area contributed by atoms with Gasteiger partial charge in [-0.25, -0.2) is 0 Å². The molecule has 2 N–H and O–H groups in total. The molecule has 1 aliphatic heterocycles. The number of amides is 1. The maximum Gasteiger partial charge on any atom is 0.258 e. The fourth-order valence-corrected chi connectivity index (χ4v) is 1.57. The first kappa shape index (κ1) is 8.38. The SMILES string of the molecule is NC(=O)C1Cc2cc(Cl)ccc2O1. The molecule has 0 fully saturated rings. The molecule has 1 amide bonds. The third-order valence-electron chi connectivity index (χ3n) is 2.01. The number of halogens is 1. The molecule has 0 aromatic heterocycles. The van der Waals surface area contributed by atoms with Crippen molar-refractivity contribution >= 4 is 17.5 Å². The van der Waals surface area contributed by atoms with E-state index >= 15 is 0 Å². The van der Waals surface area contributed by atoms with E-state index in [1.807, 2.05) is 0 Å². The lowest BCUT2D eigenvalue weighted by Crippen LogP contribution is -2.31. The van der Waals surface area contributed by atoms with Gasteiger partial charge in [-0.05, 0) is 23.8 Å². The van der Waals surface area contributed by atoms with Gasteiger partial charge in [-0.15, -0.1) is 0 Å². The molecule has 13 heavy (non-hydrogen) atoms. The standard InChI is InChI=1S/C9H8ClNO2/c10-6-1-2-7-5(3-6)4-8(13-7)9(11)12/h1-3,8H,4H2,(H2,11,12). The van der Waals surface area contributed by atoms with Gasteiger partial charge in [-0.3, -0.25) is 4.79 Å². The van der Waals surface area contributed by atoms with Gasteiger partial charge in [0.05, 0.1) is 0 Å². The Labute approximate surface area is 80.4 Å². The van der Waals surface area contributed by atoms with Crippen molar-refractivity contribution in [1.29, 1.82) is 0 Å². The van der Waals surface area contributed by atoms with Crippen molar-refractivity contribution < 1.29 is 9.53 Å². The molecule has 0 radical (unpaired) electrons. The Morgan fingerprint density at radius 1 is 1.62 bits per heavy atom. The van der Waals surface area contributed by atoms with Crippen LogP contribution < -0.4 is 10.5 Å². The monoisotopic (exact) mass is 197 g/mol. The Balaban J connectivity index is 2.30. The zero-order valence-corrected chi connectivity index (χ0v) is 7.54. The van der Waals surface area contributed by atoms with Gasteiger partial charge < -0.3 is 10.5 Å². The lowest BCUT2D eigenvalue weighted by Gasteiger charge is -2.04. The van der Waals surface area contributed by atoms with Crippen molar-refractivity contribution in [3.05, 3.63) is 28.8 Å². The van der Waals surface area contributed by atoms with Gasteiger partial charge in [0, 0.05) is 11.4 Å². The highest BCUT2D eigenvalue weighted by molar-refractivity contribution is 6.30. The molecule has 1 unspecified atom stereocenters. The number of primary amides is 1. The zero-order chi connectivity index (χ0) is 9.42. The number of hydrogen-bond donors (Lipinski definition) is 1. The number of carbonyl (C=O) groups excluding carboxylic acids is 1. The normalized spacial score (nSPS) is 19.3. The largest absolute Gasteiger partial charge is 0.480 e. The summed E-state index contributed by atoms with van der Waals surface area (Å²) in [5, 5.41) is 0.646. The Morgan fingerprint density at radius 3 is 3.08 bits per heavy atom. The molecule has 1 aromatic rings. The summed E-state index contributed by atoms with van der Waals surface area (Å²) in [6.07, 6.45) is -0.0148. The number of rotatable bonds is 1. The summed E-state index contributed by atoms with van der Waals surface area (Å²) in [5.74, 6) is 0.264. The third kappa shape index (κ3) is 1.47. The second-order valence-corrected chi connectivity index (χ2v) is 3.40. The Bertz CT molecular complexity index is 365. The minimum Gasteiger partial charge on any atom is -0.480 e. The Hall–Kier alpha value is -1.22. The molecule has 68 valence electrons. The summed E-state index contributed by atoms with van der Waals surface area (Å²) in [7, 11) is 0. The van der Waals surface area contributed by atoms with Crippen molar-refractivity contribution in [2.24, 2.45) is 5.73 Å². The number of nitrogens with two attached hydrogens (primary N) is 1. The highest BCUT2D eigenvalue weighted by Crippen LogP contribution is 2.30. The fraction of sp³-hybridized carbons (Fsp3) is 0.222. The van der Waals surface area contributed by atoms with Crippen LogP contribution in [-0.4, -0.2) is 12.0 Å². The van der Waals surface area contributed by atoms with E-state index in [0.717, 1.165) is 5.56 Å². The molecule has 0 saturated carbocycles. The van der Waals surface area contributed by atoms with Gasteiger partial charge in [0.2, 0.25) is 0 Å². The van der Waals surface area contributed by atoms with Crippen molar-refractivity contribution in [3.8, 4) is 5.75 Å². The van der Waals surface area contributed by atoms with Crippen LogP contribution in [0.3, 0.4) is 0 Å². The van der Waals surface area contributed by atoms with E-state index in [1.165, 1.54) is 0 Å². The van der Waals surface area contributed by atoms with Crippen LogP contribution in [0, 0.1) is 0 Å². The van der Waals surface area contributed by atoms with Crippen molar-refractivity contribution in [1.82, 2.24) is 0 Å². The molecule has 0 aliphatic carbocycles. The van der Waals surface area contributed by atoms with Crippen LogP contribution in [0.2, 0.25) is 5.02 Å². The minimum atomic E-state index is -0.534. The van der Waals surface area contributed by atoms with E-state index in [2.05, 4.69) is 0 Å². The van der Waals surface area contributed by atoms with Crippen LogP contribution in [0.1, 0.15) is 5.56 Å². The maximum atomic E-state index is 10.8. The summed E-state index contributed by atoms with van der Waals surface area (Å²) in [6.45, 7) is 0. The van der Waals surface area contributed by atoms with Crippen molar-refractivity contribution in [2.45, 2.75) is 12.5 Å². The quantitative estimate of drug-likeness (QED) is 0.734. The second-order valence-electron chi connectivity index (χ2n) is 2.97. The number of fused-ring (bicyclic) bond motifs is 1. The van der Waals surface area contributed by atoms with Crippen molar-refractivity contribution in [3.63, 3.8) is 0 Å². The molecule has 4 heteroatoms. The van der Waals surface area contributed by atoms with Crippen LogP contribution in [0.25, 0.3) is 0 Å². The number of carbonyl (C=O) groups is 1. The molecule has 1 aliphatic rings. The number of benzene rings is 1. The second kappa shape index (κ2) is 2.92. The van der Waals surface area contributed by atoms with Crippen LogP contribution in [-0.2, 0) is 11.2 Å². The summed E-state index contributed by atoms with van der Waals surface area (Å²) in [6, 6.07) is 5.27. The van der Waals surface area contributed by atoms with Crippen LogP contribution in [0.5, 0.6) is 5.75 Å². The van der Waals surface area contributed by atoms with Gasteiger partial charge in [0.15, 0.2) is 6.10 Å². The van der Waals surface area contributed by atoms with Crippen LogP contribution in [0.15, 0.2) is 18.2 Å². The molecule has 0 bridgehead atoms. The van der Waals surface area contributed by atoms with Gasteiger partial charge in [0.25, 0.3) is 5.91 Å². The highest BCUT2D eigenvalue weighted by Gasteiger charge is 2.26. The molecule has 1 heterocycles. The predicted octanol–water partition coefficient (Wildman–Crippen LogP) is 1.13. The minimum absolute atomic E-state index is 0.438. The van der Waals surface area contributed by atoms with Crippen LogP contribution in [0.4, 0.5) is 0 Å². The fourth-order valence-electron chi connectivity index (χ4n) is 1.38. The van der Waals surface area contributed by atoms with Crippen LogP contribution >= 0.6 is 11.6 Å². The average Bonchev–Trinajstić information content (AvgIpc) is 2.46. The van der Waals surface area contributed by atoms with Crippen molar-refractivity contribution in [2.75, 3.05) is 0 Å². The molecule has 0 spiro atoms. The molecular formula is C9H8ClNO2. The van der Waals surface area contributed by atoms with E-state index < -0.39 is 12.0 Å². The molecule has 2 rings (SSSR count). The van der Waals surface area contributed by atoms with Gasteiger partial charge >= 0.3 is 0 Å². The first-order valence-corrected chi connectivity index (χ1v) is 4.29. The van der Waals surface area contributed by atoms with Gasteiger partial charge in [0.1, 0.15) is 5.75 Å². The Kier molecular flexibility index (Phi) is 1.88. The first-order chi connectivity index (χ1) is 6.16. The summed E-state index contributed by atoms with van der Waals surface area (Å²) >= 11 is 5.78. The molecule has 1 atom stereocenters. The number of hydrogen-bond acceptors (Lipinski definition) is 2. The third-order valence-corrected chi connectivity index (χ3v) is 2.25. The average molecular weight is 198 g/mol. The van der Waals surface area contributed by atoms with E-state index in [9.17, 15) is 4.79 Å². The van der Waals surface area contributed by atoms with E-state index in [1.54, 1.807) is 18.2 Å². The lowest BCUT2D eigenvalue weighted by atomic mass is 10.1. The zero-order valence-electron chi connectivity index (χ0n) is 6.79. The first-order valence-electron chi connectivity index (χ1n) is 3.91. The van der Waals surface area contributed by atoms with E-state index in [0.29, 0.717) is 17.2 Å². The summed E-state index contributed by atoms with van der Waals surface area (Å²) in [5.41, 5.74) is 6.06.